The van der Waals surface area contributed by atoms with Gasteiger partial charge in [0.25, 0.3) is 5.91 Å². The van der Waals surface area contributed by atoms with Gasteiger partial charge >= 0.3 is 0 Å². The molecule has 0 unspecified atom stereocenters. The second-order valence-electron chi connectivity index (χ2n) is 4.20. The zero-order valence-corrected chi connectivity index (χ0v) is 12.8. The first kappa shape index (κ1) is 15.2. The number of hydrogen-bond donors (Lipinski definition) is 1. The van der Waals surface area contributed by atoms with Crippen molar-refractivity contribution in [3.63, 3.8) is 0 Å². The molecule has 0 aliphatic heterocycles. The molecule has 1 heterocycles. The van der Waals surface area contributed by atoms with E-state index in [-0.39, 0.29) is 5.69 Å². The Kier molecular flexibility index (Phi) is 4.70. The van der Waals surface area contributed by atoms with Crippen LogP contribution in [0.4, 0.5) is 5.69 Å². The fourth-order valence-electron chi connectivity index (χ4n) is 1.80. The summed E-state index contributed by atoms with van der Waals surface area (Å²) in [4.78, 5) is 12.2. The maximum Gasteiger partial charge on any atom is 0.277 e. The van der Waals surface area contributed by atoms with Crippen LogP contribution in [0.5, 0.6) is 11.5 Å². The van der Waals surface area contributed by atoms with Crippen LogP contribution in [0.2, 0.25) is 5.02 Å². The molecule has 0 aliphatic carbocycles. The molecule has 1 aromatic carbocycles. The predicted octanol–water partition coefficient (Wildman–Crippen LogP) is 2.83. The summed E-state index contributed by atoms with van der Waals surface area (Å²) in [7, 11) is 3.08. The van der Waals surface area contributed by atoms with Crippen LogP contribution in [0, 0.1) is 0 Å². The lowest BCUT2D eigenvalue weighted by atomic mass is 10.2. The van der Waals surface area contributed by atoms with Gasteiger partial charge in [0, 0.05) is 18.8 Å². The SMILES string of the molecule is CCn1cc(Cl)c(C(=O)Nc2ccc(OC)cc2OC)n1. The lowest BCUT2D eigenvalue weighted by Gasteiger charge is -2.11. The molecule has 1 aromatic heterocycles. The van der Waals surface area contributed by atoms with Gasteiger partial charge in [-0.3, -0.25) is 9.48 Å². The highest BCUT2D eigenvalue weighted by atomic mass is 35.5. The minimum Gasteiger partial charge on any atom is -0.497 e. The Morgan fingerprint density at radius 2 is 2.14 bits per heavy atom. The minimum absolute atomic E-state index is 0.177. The fourth-order valence-corrected chi connectivity index (χ4v) is 2.03. The van der Waals surface area contributed by atoms with Crippen LogP contribution in [0.25, 0.3) is 0 Å². The number of nitrogens with one attached hydrogen (secondary N) is 1. The third-order valence-corrected chi connectivity index (χ3v) is 3.19. The van der Waals surface area contributed by atoms with Crippen molar-refractivity contribution in [3.8, 4) is 11.5 Å². The molecular formula is C14H16ClN3O3. The molecule has 0 saturated carbocycles. The van der Waals surface area contributed by atoms with Crippen molar-refractivity contribution >= 4 is 23.2 Å². The molecule has 0 spiro atoms. The molecule has 0 fully saturated rings. The standard InChI is InChI=1S/C14H16ClN3O3/c1-4-18-8-10(15)13(17-18)14(19)16-11-6-5-9(20-2)7-12(11)21-3/h5-8H,4H2,1-3H3,(H,16,19). The number of methoxy groups -OCH3 is 2. The number of carbonyl (C=O) groups excluding carboxylic acids is 1. The van der Waals surface area contributed by atoms with E-state index in [2.05, 4.69) is 10.4 Å². The second-order valence-corrected chi connectivity index (χ2v) is 4.61. The third kappa shape index (κ3) is 3.28. The number of amides is 1. The van der Waals surface area contributed by atoms with E-state index in [9.17, 15) is 4.79 Å². The Hall–Kier alpha value is -2.21. The number of benzene rings is 1. The smallest absolute Gasteiger partial charge is 0.277 e. The van der Waals surface area contributed by atoms with E-state index in [1.54, 1.807) is 36.2 Å². The van der Waals surface area contributed by atoms with Crippen molar-refractivity contribution in [2.24, 2.45) is 0 Å². The second kappa shape index (κ2) is 6.49. The Morgan fingerprint density at radius 1 is 1.38 bits per heavy atom. The summed E-state index contributed by atoms with van der Waals surface area (Å²) >= 11 is 6.01. The Bertz CT molecular complexity index is 655. The molecule has 7 heteroatoms. The number of nitrogens with zero attached hydrogens (tertiary/aromatic N) is 2. The van der Waals surface area contributed by atoms with Crippen molar-refractivity contribution in [2.45, 2.75) is 13.5 Å². The molecule has 2 aromatic rings. The molecule has 0 aliphatic rings. The summed E-state index contributed by atoms with van der Waals surface area (Å²) < 4.78 is 11.9. The summed E-state index contributed by atoms with van der Waals surface area (Å²) in [6.07, 6.45) is 1.61. The number of anilines is 1. The molecule has 1 N–H and O–H groups in total. The van der Waals surface area contributed by atoms with E-state index in [1.807, 2.05) is 6.92 Å². The zero-order chi connectivity index (χ0) is 15.4. The quantitative estimate of drug-likeness (QED) is 0.922. The van der Waals surface area contributed by atoms with Crippen molar-refractivity contribution < 1.29 is 14.3 Å². The minimum atomic E-state index is -0.393. The number of aromatic nitrogens is 2. The monoisotopic (exact) mass is 309 g/mol. The summed E-state index contributed by atoms with van der Waals surface area (Å²) in [5.74, 6) is 0.738. The van der Waals surface area contributed by atoms with Crippen molar-refractivity contribution in [1.82, 2.24) is 9.78 Å². The van der Waals surface area contributed by atoms with Gasteiger partial charge in [0.05, 0.1) is 24.9 Å². The van der Waals surface area contributed by atoms with Crippen LogP contribution in [-0.4, -0.2) is 29.9 Å². The molecule has 0 saturated heterocycles. The van der Waals surface area contributed by atoms with Crippen molar-refractivity contribution in [1.29, 1.82) is 0 Å². The predicted molar refractivity (Wildman–Crippen MR) is 80.4 cm³/mol. The lowest BCUT2D eigenvalue weighted by Crippen LogP contribution is -2.14. The van der Waals surface area contributed by atoms with Crippen molar-refractivity contribution in [3.05, 3.63) is 35.1 Å². The lowest BCUT2D eigenvalue weighted by molar-refractivity contribution is 0.102. The number of halogens is 1. The highest BCUT2D eigenvalue weighted by molar-refractivity contribution is 6.34. The van der Waals surface area contributed by atoms with Gasteiger partial charge in [-0.2, -0.15) is 5.10 Å². The van der Waals surface area contributed by atoms with Crippen molar-refractivity contribution in [2.75, 3.05) is 19.5 Å². The Labute approximate surface area is 127 Å². The Morgan fingerprint density at radius 3 is 2.71 bits per heavy atom. The number of hydrogen-bond acceptors (Lipinski definition) is 4. The summed E-state index contributed by atoms with van der Waals surface area (Å²) in [5, 5.41) is 7.16. The number of ether oxygens (including phenoxy) is 2. The summed E-state index contributed by atoms with van der Waals surface area (Å²) in [6.45, 7) is 2.55. The molecule has 1 amide bonds. The van der Waals surface area contributed by atoms with Gasteiger partial charge in [-0.05, 0) is 19.1 Å². The molecule has 2 rings (SSSR count). The Balaban J connectivity index is 2.24. The van der Waals surface area contributed by atoms with Gasteiger partial charge in [0.2, 0.25) is 0 Å². The van der Waals surface area contributed by atoms with Gasteiger partial charge in [0.15, 0.2) is 5.69 Å². The molecular weight excluding hydrogens is 294 g/mol. The number of rotatable bonds is 5. The van der Waals surface area contributed by atoms with Crippen LogP contribution in [0.1, 0.15) is 17.4 Å². The first-order valence-electron chi connectivity index (χ1n) is 6.35. The molecule has 0 bridgehead atoms. The maximum atomic E-state index is 12.2. The summed E-state index contributed by atoms with van der Waals surface area (Å²) in [5.41, 5.74) is 0.696. The fraction of sp³-hybridized carbons (Fsp3) is 0.286. The number of carbonyl (C=O) groups is 1. The maximum absolute atomic E-state index is 12.2. The first-order valence-corrected chi connectivity index (χ1v) is 6.73. The van der Waals surface area contributed by atoms with E-state index in [0.717, 1.165) is 0 Å². The molecule has 0 atom stereocenters. The molecule has 112 valence electrons. The topological polar surface area (TPSA) is 65.4 Å². The summed E-state index contributed by atoms with van der Waals surface area (Å²) in [6, 6.07) is 5.10. The van der Waals surface area contributed by atoms with Crippen LogP contribution < -0.4 is 14.8 Å². The van der Waals surface area contributed by atoms with Crippen LogP contribution in [-0.2, 0) is 6.54 Å². The van der Waals surface area contributed by atoms with Gasteiger partial charge in [0.1, 0.15) is 11.5 Å². The number of aryl methyl sites for hydroxylation is 1. The van der Waals surface area contributed by atoms with Gasteiger partial charge in [-0.1, -0.05) is 11.6 Å². The first-order chi connectivity index (χ1) is 10.1. The van der Waals surface area contributed by atoms with E-state index in [0.29, 0.717) is 28.8 Å². The van der Waals surface area contributed by atoms with Crippen LogP contribution in [0.15, 0.2) is 24.4 Å². The van der Waals surface area contributed by atoms with E-state index in [1.165, 1.54) is 7.11 Å². The van der Waals surface area contributed by atoms with E-state index < -0.39 is 5.91 Å². The average Bonchev–Trinajstić information content (AvgIpc) is 2.88. The van der Waals surface area contributed by atoms with Gasteiger partial charge in [-0.15, -0.1) is 0 Å². The van der Waals surface area contributed by atoms with E-state index in [4.69, 9.17) is 21.1 Å². The van der Waals surface area contributed by atoms with Crippen LogP contribution >= 0.6 is 11.6 Å². The zero-order valence-electron chi connectivity index (χ0n) is 12.0. The molecule has 0 radical (unpaired) electrons. The largest absolute Gasteiger partial charge is 0.497 e. The van der Waals surface area contributed by atoms with E-state index >= 15 is 0 Å². The van der Waals surface area contributed by atoms with Gasteiger partial charge < -0.3 is 14.8 Å². The molecule has 21 heavy (non-hydrogen) atoms. The van der Waals surface area contributed by atoms with Crippen LogP contribution in [0.3, 0.4) is 0 Å². The highest BCUT2D eigenvalue weighted by Gasteiger charge is 2.17. The van der Waals surface area contributed by atoms with Gasteiger partial charge in [-0.25, -0.2) is 0 Å². The highest BCUT2D eigenvalue weighted by Crippen LogP contribution is 2.29. The third-order valence-electron chi connectivity index (χ3n) is 2.91. The average molecular weight is 310 g/mol. The normalized spacial score (nSPS) is 10.3. The molecule has 6 nitrogen and oxygen atoms in total.